The topological polar surface area (TPSA) is 24.5 Å². The van der Waals surface area contributed by atoms with Crippen molar-refractivity contribution in [3.8, 4) is 5.75 Å². The van der Waals surface area contributed by atoms with Crippen molar-refractivity contribution in [2.24, 2.45) is 5.92 Å². The molecule has 110 valence electrons. The molecule has 0 spiro atoms. The summed E-state index contributed by atoms with van der Waals surface area (Å²) in [5.41, 5.74) is 4.30. The van der Waals surface area contributed by atoms with Crippen molar-refractivity contribution in [1.82, 2.24) is 5.32 Å². The molecule has 0 amide bonds. The molecule has 3 rings (SSSR count). The molecule has 3 nitrogen and oxygen atoms in total. The van der Waals surface area contributed by atoms with Crippen LogP contribution < -0.4 is 15.0 Å². The van der Waals surface area contributed by atoms with Crippen molar-refractivity contribution in [2.75, 3.05) is 37.7 Å². The monoisotopic (exact) mass is 274 g/mol. The third-order valence-corrected chi connectivity index (χ3v) is 4.61. The maximum atomic E-state index is 5.91. The van der Waals surface area contributed by atoms with Crippen molar-refractivity contribution >= 4 is 5.69 Å². The molecule has 0 saturated heterocycles. The summed E-state index contributed by atoms with van der Waals surface area (Å²) < 4.78 is 5.91. The van der Waals surface area contributed by atoms with Crippen molar-refractivity contribution in [3.05, 3.63) is 23.3 Å². The minimum Gasteiger partial charge on any atom is -0.490 e. The van der Waals surface area contributed by atoms with E-state index < -0.39 is 0 Å². The summed E-state index contributed by atoms with van der Waals surface area (Å²) in [5.74, 6) is 1.83. The number of anilines is 1. The Labute approximate surface area is 122 Å². The van der Waals surface area contributed by atoms with Crippen LogP contribution in [0.5, 0.6) is 5.75 Å². The number of hydrogen-bond donors (Lipinski definition) is 1. The average Bonchev–Trinajstić information content (AvgIpc) is 2.70. The zero-order chi connectivity index (χ0) is 13.9. The summed E-state index contributed by atoms with van der Waals surface area (Å²) in [6.45, 7) is 9.77. The van der Waals surface area contributed by atoms with Crippen LogP contribution in [-0.2, 0) is 12.8 Å². The fraction of sp³-hybridized carbons (Fsp3) is 0.647. The van der Waals surface area contributed by atoms with E-state index in [-0.39, 0.29) is 0 Å². The predicted molar refractivity (Wildman–Crippen MR) is 83.9 cm³/mol. The molecule has 0 bridgehead atoms. The van der Waals surface area contributed by atoms with Gasteiger partial charge in [-0.15, -0.1) is 0 Å². The number of fused-ring (bicyclic) bond motifs is 2. The second-order valence-corrected chi connectivity index (χ2v) is 6.15. The number of rotatable bonds is 3. The van der Waals surface area contributed by atoms with Gasteiger partial charge in [0.15, 0.2) is 0 Å². The van der Waals surface area contributed by atoms with Crippen LogP contribution in [0.2, 0.25) is 0 Å². The summed E-state index contributed by atoms with van der Waals surface area (Å²) in [7, 11) is 0. The van der Waals surface area contributed by atoms with Crippen molar-refractivity contribution < 1.29 is 4.74 Å². The van der Waals surface area contributed by atoms with Crippen LogP contribution in [-0.4, -0.2) is 32.8 Å². The Morgan fingerprint density at radius 1 is 1.25 bits per heavy atom. The van der Waals surface area contributed by atoms with Gasteiger partial charge in [-0.2, -0.15) is 0 Å². The van der Waals surface area contributed by atoms with E-state index in [9.17, 15) is 0 Å². The smallest absolute Gasteiger partial charge is 0.142 e. The van der Waals surface area contributed by atoms with Crippen LogP contribution in [0.3, 0.4) is 0 Å². The van der Waals surface area contributed by atoms with Gasteiger partial charge in [-0.1, -0.05) is 20.3 Å². The maximum absolute atomic E-state index is 5.91. The molecule has 0 saturated carbocycles. The first-order chi connectivity index (χ1) is 9.78. The minimum absolute atomic E-state index is 0.737. The van der Waals surface area contributed by atoms with Gasteiger partial charge in [-0.05, 0) is 55.1 Å². The maximum Gasteiger partial charge on any atom is 0.142 e. The quantitative estimate of drug-likeness (QED) is 0.917. The predicted octanol–water partition coefficient (Wildman–Crippen LogP) is 2.62. The first-order valence-corrected chi connectivity index (χ1v) is 8.02. The molecule has 1 N–H and O–H groups in total. The van der Waals surface area contributed by atoms with Crippen LogP contribution in [0.25, 0.3) is 0 Å². The minimum atomic E-state index is 0.737. The first kappa shape index (κ1) is 13.7. The lowest BCUT2D eigenvalue weighted by Crippen LogP contribution is -2.36. The van der Waals surface area contributed by atoms with Gasteiger partial charge in [-0.25, -0.2) is 0 Å². The molecule has 1 aromatic carbocycles. The molecule has 0 aromatic heterocycles. The molecular weight excluding hydrogens is 248 g/mol. The van der Waals surface area contributed by atoms with Crippen molar-refractivity contribution in [3.63, 3.8) is 0 Å². The lowest BCUT2D eigenvalue weighted by molar-refractivity contribution is 0.303. The van der Waals surface area contributed by atoms with Gasteiger partial charge in [0.1, 0.15) is 12.4 Å². The molecule has 20 heavy (non-hydrogen) atoms. The molecule has 0 radical (unpaired) electrons. The summed E-state index contributed by atoms with van der Waals surface area (Å²) in [5, 5.41) is 3.48. The Bertz CT molecular complexity index is 472. The number of nitrogens with zero attached hydrogens (tertiary/aromatic N) is 1. The fourth-order valence-electron chi connectivity index (χ4n) is 3.13. The summed E-state index contributed by atoms with van der Waals surface area (Å²) in [6.07, 6.45) is 3.50. The largest absolute Gasteiger partial charge is 0.490 e. The van der Waals surface area contributed by atoms with Crippen LogP contribution in [0, 0.1) is 5.92 Å². The van der Waals surface area contributed by atoms with Crippen molar-refractivity contribution in [2.45, 2.75) is 33.1 Å². The molecule has 2 aliphatic rings. The zero-order valence-corrected chi connectivity index (χ0v) is 12.7. The molecule has 2 heterocycles. The lowest BCUT2D eigenvalue weighted by Gasteiger charge is -2.34. The zero-order valence-electron chi connectivity index (χ0n) is 12.7. The molecule has 3 heteroatoms. The Morgan fingerprint density at radius 2 is 2.00 bits per heavy atom. The molecule has 1 atom stereocenters. The number of nitrogens with one attached hydrogen (secondary N) is 1. The van der Waals surface area contributed by atoms with Crippen LogP contribution in [0.15, 0.2) is 12.1 Å². The molecule has 0 fully saturated rings. The van der Waals surface area contributed by atoms with Gasteiger partial charge in [-0.3, -0.25) is 0 Å². The fourth-order valence-corrected chi connectivity index (χ4v) is 3.13. The second kappa shape index (κ2) is 6.04. The molecule has 0 unspecified atom stereocenters. The highest BCUT2D eigenvalue weighted by Crippen LogP contribution is 2.35. The van der Waals surface area contributed by atoms with E-state index in [1.165, 1.54) is 23.2 Å². The van der Waals surface area contributed by atoms with E-state index in [1.54, 1.807) is 0 Å². The van der Waals surface area contributed by atoms with Gasteiger partial charge in [0.25, 0.3) is 0 Å². The average molecular weight is 274 g/mol. The van der Waals surface area contributed by atoms with E-state index in [4.69, 9.17) is 4.74 Å². The first-order valence-electron chi connectivity index (χ1n) is 8.02. The molecule has 0 aliphatic carbocycles. The van der Waals surface area contributed by atoms with Gasteiger partial charge in [0.05, 0.1) is 12.2 Å². The number of ether oxygens (including phenoxy) is 1. The van der Waals surface area contributed by atoms with E-state index in [2.05, 4.69) is 36.2 Å². The highest BCUT2D eigenvalue weighted by molar-refractivity contribution is 5.63. The summed E-state index contributed by atoms with van der Waals surface area (Å²) >= 11 is 0. The molecular formula is C17H26N2O. The van der Waals surface area contributed by atoms with Gasteiger partial charge in [0, 0.05) is 6.54 Å². The SMILES string of the molecule is CC[C@H](C)CN1CCOc2cc3c(cc21)CCNCC3. The van der Waals surface area contributed by atoms with Gasteiger partial charge < -0.3 is 15.0 Å². The highest BCUT2D eigenvalue weighted by atomic mass is 16.5. The number of hydrogen-bond acceptors (Lipinski definition) is 3. The lowest BCUT2D eigenvalue weighted by atomic mass is 9.99. The standard InChI is InChI=1S/C17H26N2O/c1-3-13(2)12-19-8-9-20-17-11-15-5-7-18-6-4-14(15)10-16(17)19/h10-11,13,18H,3-9,12H2,1-2H3/t13-/m0/s1. The Balaban J connectivity index is 1.90. The van der Waals surface area contributed by atoms with Crippen LogP contribution >= 0.6 is 0 Å². The van der Waals surface area contributed by atoms with Gasteiger partial charge in [0.2, 0.25) is 0 Å². The second-order valence-electron chi connectivity index (χ2n) is 6.15. The Morgan fingerprint density at radius 3 is 2.75 bits per heavy atom. The molecule has 2 aliphatic heterocycles. The highest BCUT2D eigenvalue weighted by Gasteiger charge is 2.22. The van der Waals surface area contributed by atoms with E-state index >= 15 is 0 Å². The summed E-state index contributed by atoms with van der Waals surface area (Å²) in [4.78, 5) is 2.52. The van der Waals surface area contributed by atoms with E-state index in [1.807, 2.05) is 0 Å². The Kier molecular flexibility index (Phi) is 4.16. The van der Waals surface area contributed by atoms with Crippen molar-refractivity contribution in [1.29, 1.82) is 0 Å². The van der Waals surface area contributed by atoms with E-state index in [0.29, 0.717) is 0 Å². The number of benzene rings is 1. The summed E-state index contributed by atoms with van der Waals surface area (Å²) in [6, 6.07) is 4.68. The van der Waals surface area contributed by atoms with Crippen LogP contribution in [0.4, 0.5) is 5.69 Å². The van der Waals surface area contributed by atoms with E-state index in [0.717, 1.165) is 57.3 Å². The third kappa shape index (κ3) is 2.78. The normalized spacial score (nSPS) is 19.6. The van der Waals surface area contributed by atoms with Gasteiger partial charge >= 0.3 is 0 Å². The van der Waals surface area contributed by atoms with Crippen LogP contribution in [0.1, 0.15) is 31.4 Å². The third-order valence-electron chi connectivity index (χ3n) is 4.61. The Hall–Kier alpha value is -1.22. The molecule has 1 aromatic rings.